The van der Waals surface area contributed by atoms with E-state index in [1.165, 1.54) is 11.6 Å². The van der Waals surface area contributed by atoms with Crippen LogP contribution in [0.1, 0.15) is 29.3 Å². The third kappa shape index (κ3) is 1.34. The van der Waals surface area contributed by atoms with Crippen molar-refractivity contribution in [2.24, 2.45) is 0 Å². The van der Waals surface area contributed by atoms with E-state index in [1.54, 1.807) is 6.07 Å². The second-order valence-corrected chi connectivity index (χ2v) is 3.73. The lowest BCUT2D eigenvalue weighted by molar-refractivity contribution is 0.610. The molecule has 0 N–H and O–H groups in total. The summed E-state index contributed by atoms with van der Waals surface area (Å²) >= 11 is 6.05. The fourth-order valence-corrected chi connectivity index (χ4v) is 2.07. The van der Waals surface area contributed by atoms with Crippen molar-refractivity contribution in [2.75, 3.05) is 0 Å². The number of benzene rings is 1. The van der Waals surface area contributed by atoms with Gasteiger partial charge in [0.2, 0.25) is 0 Å². The summed E-state index contributed by atoms with van der Waals surface area (Å²) in [6, 6.07) is 4.92. The molecule has 0 bridgehead atoms. The molecule has 0 saturated carbocycles. The van der Waals surface area contributed by atoms with Crippen LogP contribution in [-0.2, 0) is 6.42 Å². The molecule has 0 spiro atoms. The molecule has 64 valence electrons. The molecule has 0 fully saturated rings. The van der Waals surface area contributed by atoms with E-state index in [9.17, 15) is 4.39 Å². The summed E-state index contributed by atoms with van der Waals surface area (Å²) in [5.41, 5.74) is 2.20. The van der Waals surface area contributed by atoms with Gasteiger partial charge in [-0.15, -0.1) is 11.6 Å². The van der Waals surface area contributed by atoms with E-state index in [-0.39, 0.29) is 11.2 Å². The first-order valence-corrected chi connectivity index (χ1v) is 4.63. The minimum atomic E-state index is -0.179. The van der Waals surface area contributed by atoms with Crippen molar-refractivity contribution in [3.05, 3.63) is 35.1 Å². The minimum absolute atomic E-state index is 0.0180. The number of aryl methyl sites for hydroxylation is 1. The van der Waals surface area contributed by atoms with Crippen molar-refractivity contribution in [1.29, 1.82) is 0 Å². The molecule has 0 heterocycles. The molecular weight excluding hydrogens is 175 g/mol. The first kappa shape index (κ1) is 8.06. The highest BCUT2D eigenvalue weighted by Gasteiger charge is 2.17. The zero-order chi connectivity index (χ0) is 8.55. The average molecular weight is 185 g/mol. The summed E-state index contributed by atoms with van der Waals surface area (Å²) in [4.78, 5) is 0. The van der Waals surface area contributed by atoms with Crippen LogP contribution in [0.3, 0.4) is 0 Å². The molecule has 12 heavy (non-hydrogen) atoms. The summed E-state index contributed by atoms with van der Waals surface area (Å²) < 4.78 is 12.8. The maximum Gasteiger partial charge on any atom is 0.123 e. The molecule has 1 aromatic rings. The highest BCUT2D eigenvalue weighted by Crippen LogP contribution is 2.34. The van der Waals surface area contributed by atoms with Gasteiger partial charge in [0.15, 0.2) is 0 Å². The highest BCUT2D eigenvalue weighted by atomic mass is 35.5. The highest BCUT2D eigenvalue weighted by molar-refractivity contribution is 6.21. The summed E-state index contributed by atoms with van der Waals surface area (Å²) in [6.45, 7) is 0. The predicted molar refractivity (Wildman–Crippen MR) is 47.9 cm³/mol. The van der Waals surface area contributed by atoms with E-state index in [2.05, 4.69) is 0 Å². The Morgan fingerprint density at radius 2 is 2.25 bits per heavy atom. The second-order valence-electron chi connectivity index (χ2n) is 3.20. The van der Waals surface area contributed by atoms with Crippen molar-refractivity contribution >= 4 is 11.6 Å². The summed E-state index contributed by atoms with van der Waals surface area (Å²) in [7, 11) is 0. The van der Waals surface area contributed by atoms with Crippen LogP contribution in [0.2, 0.25) is 0 Å². The second kappa shape index (κ2) is 3.06. The first-order chi connectivity index (χ1) is 5.77. The van der Waals surface area contributed by atoms with Gasteiger partial charge in [0.05, 0.1) is 5.38 Å². The molecule has 1 aliphatic rings. The largest absolute Gasteiger partial charge is 0.207 e. The standard InChI is InChI=1S/C10H10ClF/c11-10-3-1-2-7-4-5-8(12)6-9(7)10/h4-6,10H,1-3H2. The Morgan fingerprint density at radius 3 is 3.08 bits per heavy atom. The van der Waals surface area contributed by atoms with Crippen LogP contribution in [0.25, 0.3) is 0 Å². The van der Waals surface area contributed by atoms with E-state index < -0.39 is 0 Å². The topological polar surface area (TPSA) is 0 Å². The molecule has 0 aromatic heterocycles. The maximum absolute atomic E-state index is 12.8. The predicted octanol–water partition coefficient (Wildman–Crippen LogP) is 3.44. The number of alkyl halides is 1. The molecule has 2 heteroatoms. The third-order valence-electron chi connectivity index (χ3n) is 2.35. The fourth-order valence-electron chi connectivity index (χ4n) is 1.71. The lowest BCUT2D eigenvalue weighted by Gasteiger charge is -2.20. The molecule has 1 aliphatic carbocycles. The molecule has 0 aliphatic heterocycles. The van der Waals surface area contributed by atoms with Crippen molar-refractivity contribution in [2.45, 2.75) is 24.6 Å². The zero-order valence-electron chi connectivity index (χ0n) is 6.69. The van der Waals surface area contributed by atoms with Crippen molar-refractivity contribution in [1.82, 2.24) is 0 Å². The Labute approximate surface area is 76.4 Å². The Morgan fingerprint density at radius 1 is 1.42 bits per heavy atom. The van der Waals surface area contributed by atoms with Crippen molar-refractivity contribution in [3.8, 4) is 0 Å². The van der Waals surface area contributed by atoms with Crippen LogP contribution < -0.4 is 0 Å². The first-order valence-electron chi connectivity index (χ1n) is 4.20. The van der Waals surface area contributed by atoms with Crippen LogP contribution in [0.4, 0.5) is 4.39 Å². The van der Waals surface area contributed by atoms with Gasteiger partial charge in [-0.05, 0) is 42.5 Å². The fraction of sp³-hybridized carbons (Fsp3) is 0.400. The number of hydrogen-bond donors (Lipinski definition) is 0. The van der Waals surface area contributed by atoms with E-state index >= 15 is 0 Å². The Hall–Kier alpha value is -0.560. The van der Waals surface area contributed by atoms with Crippen LogP contribution in [0, 0.1) is 5.82 Å². The molecule has 1 aromatic carbocycles. The number of fused-ring (bicyclic) bond motifs is 1. The molecule has 2 rings (SSSR count). The summed E-state index contributed by atoms with van der Waals surface area (Å²) in [6.07, 6.45) is 3.13. The van der Waals surface area contributed by atoms with Crippen LogP contribution in [-0.4, -0.2) is 0 Å². The Bertz CT molecular complexity index is 296. The van der Waals surface area contributed by atoms with Gasteiger partial charge in [0.1, 0.15) is 5.82 Å². The number of rotatable bonds is 0. The van der Waals surface area contributed by atoms with E-state index in [4.69, 9.17) is 11.6 Å². The van der Waals surface area contributed by atoms with Crippen LogP contribution in [0.5, 0.6) is 0 Å². The van der Waals surface area contributed by atoms with Crippen molar-refractivity contribution in [3.63, 3.8) is 0 Å². The van der Waals surface area contributed by atoms with Gasteiger partial charge < -0.3 is 0 Å². The smallest absolute Gasteiger partial charge is 0.123 e. The lowest BCUT2D eigenvalue weighted by atomic mass is 9.91. The SMILES string of the molecule is Fc1ccc2c(c1)C(Cl)CCC2. The molecular formula is C10H10ClF. The summed E-state index contributed by atoms with van der Waals surface area (Å²) in [5, 5.41) is 0.0180. The molecule has 1 unspecified atom stereocenters. The zero-order valence-corrected chi connectivity index (χ0v) is 7.44. The molecule has 0 amide bonds. The van der Waals surface area contributed by atoms with Crippen LogP contribution in [0.15, 0.2) is 18.2 Å². The van der Waals surface area contributed by atoms with Gasteiger partial charge in [-0.25, -0.2) is 4.39 Å². The normalized spacial score (nSPS) is 22.0. The lowest BCUT2D eigenvalue weighted by Crippen LogP contribution is -2.05. The van der Waals surface area contributed by atoms with Gasteiger partial charge in [-0.3, -0.25) is 0 Å². The quantitative estimate of drug-likeness (QED) is 0.542. The third-order valence-corrected chi connectivity index (χ3v) is 2.80. The minimum Gasteiger partial charge on any atom is -0.207 e. The number of hydrogen-bond acceptors (Lipinski definition) is 0. The molecule has 0 radical (unpaired) electrons. The Balaban J connectivity index is 2.47. The maximum atomic E-state index is 12.8. The van der Waals surface area contributed by atoms with E-state index in [1.807, 2.05) is 6.07 Å². The van der Waals surface area contributed by atoms with Gasteiger partial charge in [0, 0.05) is 0 Å². The Kier molecular flexibility index (Phi) is 2.05. The van der Waals surface area contributed by atoms with Gasteiger partial charge >= 0.3 is 0 Å². The average Bonchev–Trinajstić information content (AvgIpc) is 2.07. The van der Waals surface area contributed by atoms with Gasteiger partial charge in [0.25, 0.3) is 0 Å². The van der Waals surface area contributed by atoms with E-state index in [0.29, 0.717) is 0 Å². The monoisotopic (exact) mass is 184 g/mol. The molecule has 1 atom stereocenters. The van der Waals surface area contributed by atoms with Crippen LogP contribution >= 0.6 is 11.6 Å². The van der Waals surface area contributed by atoms with Gasteiger partial charge in [-0.1, -0.05) is 6.07 Å². The van der Waals surface area contributed by atoms with Crippen molar-refractivity contribution < 1.29 is 4.39 Å². The van der Waals surface area contributed by atoms with E-state index in [0.717, 1.165) is 24.8 Å². The van der Waals surface area contributed by atoms with Gasteiger partial charge in [-0.2, -0.15) is 0 Å². The number of halogens is 2. The molecule has 0 saturated heterocycles. The molecule has 0 nitrogen and oxygen atoms in total. The summed E-state index contributed by atoms with van der Waals surface area (Å²) in [5.74, 6) is -0.179.